The molecule has 0 aliphatic carbocycles. The lowest BCUT2D eigenvalue weighted by Crippen LogP contribution is -1.79. The average Bonchev–Trinajstić information content (AvgIpc) is 2.77. The summed E-state index contributed by atoms with van der Waals surface area (Å²) in [6, 6.07) is 12.1. The summed E-state index contributed by atoms with van der Waals surface area (Å²) in [6.45, 7) is 0. The van der Waals surface area contributed by atoms with E-state index in [1.165, 1.54) is 6.20 Å². The average molecular weight is 255 g/mol. The Bertz CT molecular complexity index is 898. The van der Waals surface area contributed by atoms with Crippen molar-refractivity contribution in [3.63, 3.8) is 0 Å². The molecule has 4 aromatic rings. The van der Waals surface area contributed by atoms with Crippen LogP contribution < -0.4 is 0 Å². The monoisotopic (exact) mass is 254 g/mol. The summed E-state index contributed by atoms with van der Waals surface area (Å²) in [7, 11) is 0. The molecule has 0 fully saturated rings. The zero-order valence-corrected chi connectivity index (χ0v) is 9.98. The van der Waals surface area contributed by atoms with E-state index in [0.717, 1.165) is 21.7 Å². The second-order valence-electron chi connectivity index (χ2n) is 4.11. The minimum absolute atomic E-state index is 0.373. The van der Waals surface area contributed by atoms with Crippen LogP contribution in [0.25, 0.3) is 33.0 Å². The van der Waals surface area contributed by atoms with Crippen molar-refractivity contribution in [3.05, 3.63) is 47.7 Å². The van der Waals surface area contributed by atoms with Crippen molar-refractivity contribution in [2.24, 2.45) is 0 Å². The molecule has 0 N–H and O–H groups in total. The smallest absolute Gasteiger partial charge is 0.246 e. The van der Waals surface area contributed by atoms with E-state index in [1.807, 2.05) is 24.3 Å². The van der Waals surface area contributed by atoms with Crippen LogP contribution in [0.2, 0.25) is 5.15 Å². The van der Waals surface area contributed by atoms with E-state index in [2.05, 4.69) is 22.1 Å². The Labute approximate surface area is 107 Å². The Morgan fingerprint density at radius 3 is 2.83 bits per heavy atom. The van der Waals surface area contributed by atoms with Crippen LogP contribution in [0.15, 0.2) is 47.0 Å². The Hall–Kier alpha value is -2.13. The van der Waals surface area contributed by atoms with Crippen LogP contribution in [-0.2, 0) is 0 Å². The van der Waals surface area contributed by atoms with Crippen molar-refractivity contribution in [3.8, 4) is 0 Å². The summed E-state index contributed by atoms with van der Waals surface area (Å²) in [5.74, 6) is 0. The molecule has 3 nitrogen and oxygen atoms in total. The lowest BCUT2D eigenvalue weighted by atomic mass is 10.1. The lowest BCUT2D eigenvalue weighted by Gasteiger charge is -1.96. The van der Waals surface area contributed by atoms with Gasteiger partial charge in [0.2, 0.25) is 5.71 Å². The van der Waals surface area contributed by atoms with Gasteiger partial charge in [0.1, 0.15) is 16.3 Å². The number of fused-ring (bicyclic) bond motifs is 5. The Balaban J connectivity index is 2.30. The van der Waals surface area contributed by atoms with Gasteiger partial charge in [0.05, 0.1) is 6.20 Å². The molecule has 0 radical (unpaired) electrons. The van der Waals surface area contributed by atoms with E-state index in [4.69, 9.17) is 16.0 Å². The molecule has 0 atom stereocenters. The van der Waals surface area contributed by atoms with Gasteiger partial charge in [0.15, 0.2) is 0 Å². The second kappa shape index (κ2) is 3.43. The Kier molecular flexibility index (Phi) is 1.88. The maximum absolute atomic E-state index is 5.88. The molecule has 0 unspecified atom stereocenters. The van der Waals surface area contributed by atoms with Crippen molar-refractivity contribution in [1.29, 1.82) is 0 Å². The van der Waals surface area contributed by atoms with Gasteiger partial charge in [-0.25, -0.2) is 9.97 Å². The van der Waals surface area contributed by atoms with Gasteiger partial charge < -0.3 is 4.42 Å². The normalized spacial score (nSPS) is 11.6. The number of nitrogens with zero attached hydrogens (tertiary/aromatic N) is 2. The first kappa shape index (κ1) is 9.85. The number of furan rings is 1. The van der Waals surface area contributed by atoms with Gasteiger partial charge in [-0.1, -0.05) is 41.9 Å². The van der Waals surface area contributed by atoms with Gasteiger partial charge in [-0.15, -0.1) is 0 Å². The van der Waals surface area contributed by atoms with Crippen molar-refractivity contribution in [2.75, 3.05) is 0 Å². The maximum atomic E-state index is 5.88. The largest absolute Gasteiger partial charge is 0.436 e. The molecule has 2 heterocycles. The van der Waals surface area contributed by atoms with Gasteiger partial charge in [0.25, 0.3) is 0 Å². The molecule has 0 spiro atoms. The third kappa shape index (κ3) is 1.25. The van der Waals surface area contributed by atoms with Crippen LogP contribution in [0.3, 0.4) is 0 Å². The van der Waals surface area contributed by atoms with E-state index in [-0.39, 0.29) is 0 Å². The van der Waals surface area contributed by atoms with E-state index >= 15 is 0 Å². The van der Waals surface area contributed by atoms with Gasteiger partial charge in [0, 0.05) is 10.8 Å². The molecule has 4 rings (SSSR count). The fraction of sp³-hybridized carbons (Fsp3) is 0. The topological polar surface area (TPSA) is 38.9 Å². The summed E-state index contributed by atoms with van der Waals surface area (Å²) in [6.07, 6.45) is 1.49. The lowest BCUT2D eigenvalue weighted by molar-refractivity contribution is 0.656. The number of hydrogen-bond acceptors (Lipinski definition) is 3. The summed E-state index contributed by atoms with van der Waals surface area (Å²) >= 11 is 5.88. The quantitative estimate of drug-likeness (QED) is 0.472. The first-order valence-corrected chi connectivity index (χ1v) is 5.93. The predicted octanol–water partition coefficient (Wildman–Crippen LogP) is 4.18. The SMILES string of the molecule is Clc1cnc2oc3c4ccccc4ccc3c2n1. The van der Waals surface area contributed by atoms with E-state index in [1.54, 1.807) is 0 Å². The van der Waals surface area contributed by atoms with Gasteiger partial charge in [-0.2, -0.15) is 0 Å². The molecule has 0 saturated heterocycles. The molecule has 2 aromatic carbocycles. The van der Waals surface area contributed by atoms with Crippen molar-refractivity contribution in [2.45, 2.75) is 0 Å². The summed E-state index contributed by atoms with van der Waals surface area (Å²) < 4.78 is 5.79. The van der Waals surface area contributed by atoms with Crippen molar-refractivity contribution in [1.82, 2.24) is 9.97 Å². The fourth-order valence-electron chi connectivity index (χ4n) is 2.24. The predicted molar refractivity (Wildman–Crippen MR) is 71.8 cm³/mol. The minimum Gasteiger partial charge on any atom is -0.436 e. The van der Waals surface area contributed by atoms with Gasteiger partial charge >= 0.3 is 0 Å². The molecule has 2 aromatic heterocycles. The highest BCUT2D eigenvalue weighted by atomic mass is 35.5. The van der Waals surface area contributed by atoms with Crippen LogP contribution >= 0.6 is 11.6 Å². The molecule has 18 heavy (non-hydrogen) atoms. The van der Waals surface area contributed by atoms with Gasteiger partial charge in [-0.3, -0.25) is 0 Å². The van der Waals surface area contributed by atoms with Crippen LogP contribution in [0, 0.1) is 0 Å². The van der Waals surface area contributed by atoms with Crippen LogP contribution in [0.1, 0.15) is 0 Å². The number of hydrogen-bond donors (Lipinski definition) is 0. The van der Waals surface area contributed by atoms with E-state index in [9.17, 15) is 0 Å². The van der Waals surface area contributed by atoms with Crippen molar-refractivity contribution < 1.29 is 4.42 Å². The number of benzene rings is 2. The van der Waals surface area contributed by atoms with Crippen LogP contribution in [0.4, 0.5) is 0 Å². The van der Waals surface area contributed by atoms with E-state index < -0.39 is 0 Å². The maximum Gasteiger partial charge on any atom is 0.246 e. The highest BCUT2D eigenvalue weighted by Crippen LogP contribution is 2.32. The summed E-state index contributed by atoms with van der Waals surface area (Å²) in [5, 5.41) is 3.51. The molecule has 0 amide bonds. The van der Waals surface area contributed by atoms with E-state index in [0.29, 0.717) is 16.4 Å². The summed E-state index contributed by atoms with van der Waals surface area (Å²) in [4.78, 5) is 8.44. The first-order valence-electron chi connectivity index (χ1n) is 5.55. The standard InChI is InChI=1S/C14H7ClN2O/c15-11-7-16-14-12(17-11)10-6-5-8-3-1-2-4-9(8)13(10)18-14/h1-7H. The van der Waals surface area contributed by atoms with Crippen molar-refractivity contribution >= 4 is 44.6 Å². The Morgan fingerprint density at radius 2 is 1.89 bits per heavy atom. The molecular weight excluding hydrogens is 248 g/mol. The highest BCUT2D eigenvalue weighted by molar-refractivity contribution is 6.29. The van der Waals surface area contributed by atoms with Gasteiger partial charge in [-0.05, 0) is 11.5 Å². The zero-order valence-electron chi connectivity index (χ0n) is 9.22. The zero-order chi connectivity index (χ0) is 12.1. The Morgan fingerprint density at radius 1 is 1.00 bits per heavy atom. The second-order valence-corrected chi connectivity index (χ2v) is 4.50. The van der Waals surface area contributed by atoms with Crippen LogP contribution in [-0.4, -0.2) is 9.97 Å². The number of aromatic nitrogens is 2. The first-order chi connectivity index (χ1) is 8.83. The molecule has 86 valence electrons. The van der Waals surface area contributed by atoms with Crippen LogP contribution in [0.5, 0.6) is 0 Å². The summed E-state index contributed by atoms with van der Waals surface area (Å²) in [5.41, 5.74) is 2.04. The molecule has 0 bridgehead atoms. The molecular formula is C14H7ClN2O. The third-order valence-corrected chi connectivity index (χ3v) is 3.23. The fourth-order valence-corrected chi connectivity index (χ4v) is 2.38. The molecule has 0 aliphatic heterocycles. The molecule has 0 aliphatic rings. The molecule has 0 saturated carbocycles. The number of rotatable bonds is 0. The number of halogens is 1. The molecule has 4 heteroatoms. The minimum atomic E-state index is 0.373. The highest BCUT2D eigenvalue weighted by Gasteiger charge is 2.12. The third-order valence-electron chi connectivity index (χ3n) is 3.04.